The lowest BCUT2D eigenvalue weighted by molar-refractivity contribution is 0.644. The van der Waals surface area contributed by atoms with Gasteiger partial charge in [0.25, 0.3) is 0 Å². The van der Waals surface area contributed by atoms with E-state index in [2.05, 4.69) is 53.7 Å². The first-order valence-corrected chi connectivity index (χ1v) is 10.0. The van der Waals surface area contributed by atoms with E-state index in [0.717, 1.165) is 30.4 Å². The number of benzene rings is 1. The Kier molecular flexibility index (Phi) is 8.91. The maximum atomic E-state index is 4.70. The van der Waals surface area contributed by atoms with E-state index in [1.54, 1.807) is 6.33 Å². The number of para-hydroxylation sites is 1. The second kappa shape index (κ2) is 11.2. The van der Waals surface area contributed by atoms with Crippen LogP contribution in [0.25, 0.3) is 5.69 Å². The zero-order valence-electron chi connectivity index (χ0n) is 16.4. The molecule has 0 bridgehead atoms. The van der Waals surface area contributed by atoms with E-state index in [9.17, 15) is 0 Å². The Morgan fingerprint density at radius 2 is 2.00 bits per heavy atom. The fraction of sp³-hybridized carbons (Fsp3) is 0.350. The van der Waals surface area contributed by atoms with Gasteiger partial charge in [-0.3, -0.25) is 4.57 Å². The second-order valence-corrected chi connectivity index (χ2v) is 7.78. The summed E-state index contributed by atoms with van der Waals surface area (Å²) in [5.74, 6) is 1.60. The van der Waals surface area contributed by atoms with Crippen LogP contribution in [0.15, 0.2) is 53.8 Å². The first-order valence-electron chi connectivity index (χ1n) is 9.20. The minimum absolute atomic E-state index is 0. The van der Waals surface area contributed by atoms with Crippen LogP contribution >= 0.6 is 35.3 Å². The van der Waals surface area contributed by atoms with Crippen LogP contribution < -0.4 is 10.6 Å². The molecule has 150 valence electrons. The molecular weight excluding hydrogens is 483 g/mol. The molecular formula is C20H27IN6S. The van der Waals surface area contributed by atoms with Gasteiger partial charge in [0.1, 0.15) is 12.9 Å². The number of nitrogens with zero attached hydrogens (tertiary/aromatic N) is 4. The quantitative estimate of drug-likeness (QED) is 0.287. The third kappa shape index (κ3) is 6.30. The van der Waals surface area contributed by atoms with Crippen molar-refractivity contribution in [2.45, 2.75) is 39.8 Å². The summed E-state index contributed by atoms with van der Waals surface area (Å²) >= 11 is 1.85. The molecule has 1 atom stereocenters. The van der Waals surface area contributed by atoms with Crippen molar-refractivity contribution in [1.82, 2.24) is 25.4 Å². The second-order valence-electron chi connectivity index (χ2n) is 6.41. The van der Waals surface area contributed by atoms with Crippen LogP contribution in [0.3, 0.4) is 0 Å². The summed E-state index contributed by atoms with van der Waals surface area (Å²) in [5.41, 5.74) is 1.03. The van der Waals surface area contributed by atoms with Crippen LogP contribution in [0.4, 0.5) is 0 Å². The van der Waals surface area contributed by atoms with Crippen LogP contribution in [0, 0.1) is 6.92 Å². The van der Waals surface area contributed by atoms with Gasteiger partial charge in [-0.2, -0.15) is 0 Å². The van der Waals surface area contributed by atoms with Gasteiger partial charge in [0.15, 0.2) is 11.8 Å². The molecule has 8 heteroatoms. The van der Waals surface area contributed by atoms with E-state index in [1.165, 1.54) is 9.75 Å². The third-order valence-corrected chi connectivity index (χ3v) is 5.09. The minimum Gasteiger partial charge on any atom is -0.357 e. The van der Waals surface area contributed by atoms with Gasteiger partial charge >= 0.3 is 0 Å². The van der Waals surface area contributed by atoms with Crippen LogP contribution in [-0.4, -0.2) is 33.3 Å². The average molecular weight is 510 g/mol. The van der Waals surface area contributed by atoms with E-state index < -0.39 is 0 Å². The van der Waals surface area contributed by atoms with Crippen LogP contribution in [0.1, 0.15) is 29.4 Å². The summed E-state index contributed by atoms with van der Waals surface area (Å²) in [6.45, 7) is 7.64. The number of rotatable bonds is 7. The first kappa shape index (κ1) is 22.4. The van der Waals surface area contributed by atoms with E-state index in [-0.39, 0.29) is 30.0 Å². The smallest absolute Gasteiger partial charge is 0.191 e. The van der Waals surface area contributed by atoms with Crippen molar-refractivity contribution in [2.75, 3.05) is 6.54 Å². The Balaban J connectivity index is 0.00000280. The molecule has 0 aliphatic rings. The normalized spacial score (nSPS) is 12.3. The predicted octanol–water partition coefficient (Wildman–Crippen LogP) is 3.94. The minimum atomic E-state index is 0. The molecule has 1 aromatic carbocycles. The molecule has 0 amide bonds. The molecule has 6 nitrogen and oxygen atoms in total. The van der Waals surface area contributed by atoms with Gasteiger partial charge < -0.3 is 10.6 Å². The molecule has 2 aromatic heterocycles. The number of aliphatic imine (C=N–C) groups is 1. The monoisotopic (exact) mass is 510 g/mol. The lowest BCUT2D eigenvalue weighted by Gasteiger charge is -2.17. The van der Waals surface area contributed by atoms with Gasteiger partial charge in [-0.1, -0.05) is 18.2 Å². The van der Waals surface area contributed by atoms with Gasteiger partial charge in [0.2, 0.25) is 0 Å². The molecule has 2 heterocycles. The van der Waals surface area contributed by atoms with Crippen molar-refractivity contribution >= 4 is 41.3 Å². The van der Waals surface area contributed by atoms with Crippen molar-refractivity contribution in [3.8, 4) is 5.69 Å². The topological polar surface area (TPSA) is 67.1 Å². The van der Waals surface area contributed by atoms with Gasteiger partial charge in [0, 0.05) is 34.4 Å². The molecule has 0 aliphatic carbocycles. The Bertz CT molecular complexity index is 874. The standard InChI is InChI=1S/C20H26N6S.HI/c1-4-21-20(24-15(2)12-18-11-10-16(3)27-18)22-13-19-25-23-14-26(19)17-8-6-5-7-9-17;/h5-11,14-15H,4,12-13H2,1-3H3,(H2,21,22,24);1H. The van der Waals surface area contributed by atoms with E-state index in [0.29, 0.717) is 6.54 Å². The molecule has 0 fully saturated rings. The molecule has 3 aromatic rings. The van der Waals surface area contributed by atoms with Crippen molar-refractivity contribution < 1.29 is 0 Å². The SMILES string of the molecule is CCNC(=NCc1nncn1-c1ccccc1)NC(C)Cc1ccc(C)s1.I. The van der Waals surface area contributed by atoms with Crippen molar-refractivity contribution in [3.05, 3.63) is 64.4 Å². The maximum Gasteiger partial charge on any atom is 0.191 e. The molecule has 0 aliphatic heterocycles. The largest absolute Gasteiger partial charge is 0.357 e. The fourth-order valence-corrected chi connectivity index (χ4v) is 3.84. The van der Waals surface area contributed by atoms with Gasteiger partial charge in [-0.15, -0.1) is 45.5 Å². The number of nitrogens with one attached hydrogen (secondary N) is 2. The van der Waals surface area contributed by atoms with Gasteiger partial charge in [0.05, 0.1) is 0 Å². The highest BCUT2D eigenvalue weighted by Gasteiger charge is 2.09. The third-order valence-electron chi connectivity index (χ3n) is 4.06. The highest BCUT2D eigenvalue weighted by Crippen LogP contribution is 2.16. The van der Waals surface area contributed by atoms with E-state index in [1.807, 2.05) is 46.2 Å². The Labute approximate surface area is 187 Å². The van der Waals surface area contributed by atoms with Gasteiger partial charge in [-0.25, -0.2) is 4.99 Å². The number of aryl methyl sites for hydroxylation is 1. The summed E-state index contributed by atoms with van der Waals surface area (Å²) in [7, 11) is 0. The van der Waals surface area contributed by atoms with Crippen molar-refractivity contribution in [3.63, 3.8) is 0 Å². The van der Waals surface area contributed by atoms with Crippen LogP contribution in [0.2, 0.25) is 0 Å². The highest BCUT2D eigenvalue weighted by atomic mass is 127. The lowest BCUT2D eigenvalue weighted by Crippen LogP contribution is -2.43. The summed E-state index contributed by atoms with van der Waals surface area (Å²) in [6, 6.07) is 14.7. The summed E-state index contributed by atoms with van der Waals surface area (Å²) in [4.78, 5) is 7.43. The molecule has 3 rings (SSSR count). The van der Waals surface area contributed by atoms with Gasteiger partial charge in [-0.05, 0) is 45.0 Å². The lowest BCUT2D eigenvalue weighted by atomic mass is 10.2. The Morgan fingerprint density at radius 1 is 1.21 bits per heavy atom. The van der Waals surface area contributed by atoms with Crippen LogP contribution in [0.5, 0.6) is 0 Å². The highest BCUT2D eigenvalue weighted by molar-refractivity contribution is 14.0. The molecule has 1 unspecified atom stereocenters. The molecule has 0 radical (unpaired) electrons. The van der Waals surface area contributed by atoms with Crippen LogP contribution in [-0.2, 0) is 13.0 Å². The summed E-state index contributed by atoms with van der Waals surface area (Å²) in [5, 5.41) is 15.1. The maximum absolute atomic E-state index is 4.70. The number of hydrogen-bond acceptors (Lipinski definition) is 4. The summed E-state index contributed by atoms with van der Waals surface area (Å²) in [6.07, 6.45) is 2.70. The number of hydrogen-bond donors (Lipinski definition) is 2. The molecule has 2 N–H and O–H groups in total. The Hall–Kier alpha value is -1.94. The number of aromatic nitrogens is 3. The fourth-order valence-electron chi connectivity index (χ4n) is 2.82. The molecule has 0 saturated heterocycles. The Morgan fingerprint density at radius 3 is 2.68 bits per heavy atom. The number of guanidine groups is 1. The summed E-state index contributed by atoms with van der Waals surface area (Å²) < 4.78 is 1.96. The zero-order chi connectivity index (χ0) is 19.1. The average Bonchev–Trinajstić information content (AvgIpc) is 3.29. The zero-order valence-corrected chi connectivity index (χ0v) is 19.6. The molecule has 0 spiro atoms. The molecule has 28 heavy (non-hydrogen) atoms. The van der Waals surface area contributed by atoms with Crippen molar-refractivity contribution in [2.24, 2.45) is 4.99 Å². The van der Waals surface area contributed by atoms with E-state index >= 15 is 0 Å². The molecule has 0 saturated carbocycles. The van der Waals surface area contributed by atoms with E-state index in [4.69, 9.17) is 4.99 Å². The number of halogens is 1. The number of thiophene rings is 1. The van der Waals surface area contributed by atoms with Crippen molar-refractivity contribution in [1.29, 1.82) is 0 Å². The first-order chi connectivity index (χ1) is 13.2. The predicted molar refractivity (Wildman–Crippen MR) is 127 cm³/mol.